The van der Waals surface area contributed by atoms with Crippen molar-refractivity contribution in [1.82, 2.24) is 0 Å². The van der Waals surface area contributed by atoms with Crippen LogP contribution in [0.2, 0.25) is 0 Å². The van der Waals surface area contributed by atoms with Gasteiger partial charge in [-0.05, 0) is 24.3 Å². The topological polar surface area (TPSA) is 38.7 Å². The van der Waals surface area contributed by atoms with Gasteiger partial charge in [-0.15, -0.1) is 0 Å². The van der Waals surface area contributed by atoms with Gasteiger partial charge in [-0.2, -0.15) is 0 Å². The first-order valence-electron chi connectivity index (χ1n) is 5.55. The summed E-state index contributed by atoms with van der Waals surface area (Å²) in [5.74, 6) is 0.564. The molecular weight excluding hydrogens is 235 g/mol. The van der Waals surface area contributed by atoms with Gasteiger partial charge >= 0.3 is 0 Å². The van der Waals surface area contributed by atoms with Crippen LogP contribution in [0.1, 0.15) is 0 Å². The van der Waals surface area contributed by atoms with E-state index in [-0.39, 0.29) is 19.0 Å². The van der Waals surface area contributed by atoms with Crippen molar-refractivity contribution >= 4 is 0 Å². The quantitative estimate of drug-likeness (QED) is 0.884. The summed E-state index contributed by atoms with van der Waals surface area (Å²) in [7, 11) is 0. The number of hydrogen-bond donors (Lipinski definition) is 1. The highest BCUT2D eigenvalue weighted by molar-refractivity contribution is 5.36. The molecule has 0 aliphatic carbocycles. The van der Waals surface area contributed by atoms with Crippen LogP contribution in [0.25, 0.3) is 0 Å². The minimum atomic E-state index is -0.505. The Balaban J connectivity index is 2.10. The Labute approximate surface area is 104 Å². The first kappa shape index (κ1) is 12.4. The van der Waals surface area contributed by atoms with E-state index in [0.29, 0.717) is 11.5 Å². The van der Waals surface area contributed by atoms with E-state index in [2.05, 4.69) is 0 Å². The highest BCUT2D eigenvalue weighted by Gasteiger charge is 2.06. The molecule has 94 valence electrons. The first-order valence-corrected chi connectivity index (χ1v) is 5.55. The van der Waals surface area contributed by atoms with Gasteiger partial charge < -0.3 is 14.6 Å². The standard InChI is InChI=1S/C14H13FO3/c15-13-10-12(17-9-8-16)6-7-14(13)18-11-4-2-1-3-5-11/h1-7,10,16H,8-9H2. The van der Waals surface area contributed by atoms with Gasteiger partial charge in [0.05, 0.1) is 6.61 Å². The molecule has 1 N–H and O–H groups in total. The Morgan fingerprint density at radius 3 is 2.44 bits per heavy atom. The summed E-state index contributed by atoms with van der Waals surface area (Å²) in [6.07, 6.45) is 0. The maximum atomic E-state index is 13.7. The molecular formula is C14H13FO3. The summed E-state index contributed by atoms with van der Waals surface area (Å²) >= 11 is 0. The third-order valence-electron chi connectivity index (χ3n) is 2.23. The molecule has 0 spiro atoms. The largest absolute Gasteiger partial charge is 0.491 e. The molecule has 0 aliphatic heterocycles. The summed E-state index contributed by atoms with van der Waals surface area (Å²) in [6, 6.07) is 13.3. The van der Waals surface area contributed by atoms with Crippen molar-refractivity contribution in [3.05, 3.63) is 54.3 Å². The lowest BCUT2D eigenvalue weighted by molar-refractivity contribution is 0.200. The SMILES string of the molecule is OCCOc1ccc(Oc2ccccc2)c(F)c1. The maximum absolute atomic E-state index is 13.7. The second kappa shape index (κ2) is 6.02. The number of hydrogen-bond acceptors (Lipinski definition) is 3. The van der Waals surface area contributed by atoms with Gasteiger partial charge in [0.1, 0.15) is 18.1 Å². The van der Waals surface area contributed by atoms with Gasteiger partial charge in [0.2, 0.25) is 0 Å². The zero-order valence-corrected chi connectivity index (χ0v) is 9.67. The van der Waals surface area contributed by atoms with E-state index >= 15 is 0 Å². The number of aliphatic hydroxyl groups is 1. The summed E-state index contributed by atoms with van der Waals surface area (Å²) in [4.78, 5) is 0. The number of para-hydroxylation sites is 1. The predicted molar refractivity (Wildman–Crippen MR) is 65.5 cm³/mol. The molecule has 0 unspecified atom stereocenters. The van der Waals surface area contributed by atoms with Crippen LogP contribution >= 0.6 is 0 Å². The van der Waals surface area contributed by atoms with Crippen molar-refractivity contribution in [2.24, 2.45) is 0 Å². The number of aliphatic hydroxyl groups excluding tert-OH is 1. The van der Waals surface area contributed by atoms with Gasteiger partial charge in [-0.3, -0.25) is 0 Å². The maximum Gasteiger partial charge on any atom is 0.169 e. The smallest absolute Gasteiger partial charge is 0.169 e. The second-order valence-electron chi connectivity index (χ2n) is 3.58. The average molecular weight is 248 g/mol. The zero-order chi connectivity index (χ0) is 12.8. The Morgan fingerprint density at radius 1 is 1.00 bits per heavy atom. The van der Waals surface area contributed by atoms with Crippen LogP contribution in [0.3, 0.4) is 0 Å². The van der Waals surface area contributed by atoms with Crippen LogP contribution < -0.4 is 9.47 Å². The molecule has 0 bridgehead atoms. The van der Waals surface area contributed by atoms with E-state index in [1.54, 1.807) is 18.2 Å². The average Bonchev–Trinajstić information content (AvgIpc) is 2.40. The Hall–Kier alpha value is -2.07. The highest BCUT2D eigenvalue weighted by atomic mass is 19.1. The van der Waals surface area contributed by atoms with Crippen LogP contribution in [0.5, 0.6) is 17.2 Å². The molecule has 0 aliphatic rings. The summed E-state index contributed by atoms with van der Waals surface area (Å²) < 4.78 is 24.2. The van der Waals surface area contributed by atoms with Crippen molar-refractivity contribution < 1.29 is 19.0 Å². The van der Waals surface area contributed by atoms with Crippen LogP contribution in [-0.2, 0) is 0 Å². The second-order valence-corrected chi connectivity index (χ2v) is 3.58. The molecule has 0 radical (unpaired) electrons. The molecule has 0 aromatic heterocycles. The summed E-state index contributed by atoms with van der Waals surface area (Å²) in [5, 5.41) is 8.60. The van der Waals surface area contributed by atoms with Crippen LogP contribution in [0.15, 0.2) is 48.5 Å². The molecule has 3 nitrogen and oxygen atoms in total. The molecule has 18 heavy (non-hydrogen) atoms. The van der Waals surface area contributed by atoms with E-state index in [9.17, 15) is 4.39 Å². The van der Waals surface area contributed by atoms with Crippen molar-refractivity contribution in [3.8, 4) is 17.2 Å². The van der Waals surface area contributed by atoms with E-state index in [1.807, 2.05) is 18.2 Å². The Kier molecular flexibility index (Phi) is 4.15. The van der Waals surface area contributed by atoms with Crippen LogP contribution in [-0.4, -0.2) is 18.3 Å². The van der Waals surface area contributed by atoms with Crippen LogP contribution in [0, 0.1) is 5.82 Å². The lowest BCUT2D eigenvalue weighted by atomic mass is 10.3. The molecule has 2 aromatic rings. The fourth-order valence-corrected chi connectivity index (χ4v) is 1.43. The van der Waals surface area contributed by atoms with Gasteiger partial charge in [0, 0.05) is 6.07 Å². The third kappa shape index (κ3) is 3.21. The van der Waals surface area contributed by atoms with E-state index in [0.717, 1.165) is 0 Å². The van der Waals surface area contributed by atoms with E-state index < -0.39 is 5.82 Å². The fraction of sp³-hybridized carbons (Fsp3) is 0.143. The van der Waals surface area contributed by atoms with Gasteiger partial charge in [-0.1, -0.05) is 18.2 Å². The van der Waals surface area contributed by atoms with Gasteiger partial charge in [0.25, 0.3) is 0 Å². The minimum absolute atomic E-state index is 0.107. The number of rotatable bonds is 5. The number of ether oxygens (including phenoxy) is 2. The van der Waals surface area contributed by atoms with Crippen molar-refractivity contribution in [3.63, 3.8) is 0 Å². The Morgan fingerprint density at radius 2 is 1.78 bits per heavy atom. The normalized spacial score (nSPS) is 10.1. The van der Waals surface area contributed by atoms with Gasteiger partial charge in [0.15, 0.2) is 11.6 Å². The van der Waals surface area contributed by atoms with Crippen molar-refractivity contribution in [2.45, 2.75) is 0 Å². The number of benzene rings is 2. The lowest BCUT2D eigenvalue weighted by Crippen LogP contribution is -2.01. The predicted octanol–water partition coefficient (Wildman–Crippen LogP) is 2.99. The lowest BCUT2D eigenvalue weighted by Gasteiger charge is -2.08. The van der Waals surface area contributed by atoms with E-state index in [4.69, 9.17) is 14.6 Å². The Bertz CT molecular complexity index is 500. The molecule has 2 rings (SSSR count). The fourth-order valence-electron chi connectivity index (χ4n) is 1.43. The molecule has 0 fully saturated rings. The third-order valence-corrected chi connectivity index (χ3v) is 2.23. The molecule has 0 amide bonds. The highest BCUT2D eigenvalue weighted by Crippen LogP contribution is 2.27. The van der Waals surface area contributed by atoms with Crippen molar-refractivity contribution in [1.29, 1.82) is 0 Å². The number of halogens is 1. The molecule has 0 heterocycles. The first-order chi connectivity index (χ1) is 8.79. The minimum Gasteiger partial charge on any atom is -0.491 e. The monoisotopic (exact) mass is 248 g/mol. The molecule has 0 saturated carbocycles. The van der Waals surface area contributed by atoms with E-state index in [1.165, 1.54) is 12.1 Å². The van der Waals surface area contributed by atoms with Crippen LogP contribution in [0.4, 0.5) is 4.39 Å². The van der Waals surface area contributed by atoms with Crippen molar-refractivity contribution in [2.75, 3.05) is 13.2 Å². The molecule has 0 atom stereocenters. The van der Waals surface area contributed by atoms with Gasteiger partial charge in [-0.25, -0.2) is 4.39 Å². The summed E-state index contributed by atoms with van der Waals surface area (Å²) in [5.41, 5.74) is 0. The zero-order valence-electron chi connectivity index (χ0n) is 9.67. The summed E-state index contributed by atoms with van der Waals surface area (Å²) in [6.45, 7) is 0.0300. The molecule has 4 heteroatoms. The molecule has 2 aromatic carbocycles. The molecule has 0 saturated heterocycles.